The van der Waals surface area contributed by atoms with E-state index in [0.29, 0.717) is 34.9 Å². The van der Waals surface area contributed by atoms with Gasteiger partial charge in [0, 0.05) is 35.6 Å². The van der Waals surface area contributed by atoms with Crippen molar-refractivity contribution in [2.45, 2.75) is 12.3 Å². The molecule has 0 aromatic heterocycles. The fourth-order valence-corrected chi connectivity index (χ4v) is 10.6. The average molecular weight is 691 g/mol. The molecule has 0 aliphatic rings. The van der Waals surface area contributed by atoms with Gasteiger partial charge in [0.05, 0.1) is 0 Å². The summed E-state index contributed by atoms with van der Waals surface area (Å²) >= 11 is 0. The maximum atomic E-state index is 12.9. The Balaban J connectivity index is 1.59. The first-order chi connectivity index (χ1) is 24.6. The lowest BCUT2D eigenvalue weighted by Gasteiger charge is -2.25. The van der Waals surface area contributed by atoms with Gasteiger partial charge in [0.25, 0.3) is 0 Å². The van der Waals surface area contributed by atoms with Crippen molar-refractivity contribution < 1.29 is 19.1 Å². The smallest absolute Gasteiger partial charge is 0.335 e. The van der Waals surface area contributed by atoms with Gasteiger partial charge in [0.15, 0.2) is 0 Å². The van der Waals surface area contributed by atoms with Crippen LogP contribution in [0.15, 0.2) is 183 Å². The summed E-state index contributed by atoms with van der Waals surface area (Å²) in [7, 11) is -1.76. The highest BCUT2D eigenvalue weighted by molar-refractivity contribution is 7.72. The van der Waals surface area contributed by atoms with E-state index in [2.05, 4.69) is 122 Å². The molecule has 0 amide bonds. The highest BCUT2D eigenvalue weighted by Gasteiger charge is 2.26. The molecule has 0 saturated heterocycles. The van der Waals surface area contributed by atoms with Crippen molar-refractivity contribution in [3.8, 4) is 22.6 Å². The molecule has 6 heteroatoms. The van der Waals surface area contributed by atoms with Gasteiger partial charge >= 0.3 is 11.9 Å². The molecule has 6 aromatic carbocycles. The SMILES string of the molecule is C=CC(=O)Oc1cccc(CP(c2ccccc2)c2ccccc2)c1-c1c(CP(c2ccccc2)c2ccccc2)cccc1OC(=O)C=C. The van der Waals surface area contributed by atoms with Gasteiger partial charge < -0.3 is 9.47 Å². The number of ether oxygens (including phenoxy) is 2. The Bertz CT molecular complexity index is 1850. The molecule has 246 valence electrons. The van der Waals surface area contributed by atoms with Crippen LogP contribution in [0.25, 0.3) is 11.1 Å². The number of hydrogen-bond donors (Lipinski definition) is 0. The summed E-state index contributed by atoms with van der Waals surface area (Å²) in [4.78, 5) is 25.7. The zero-order valence-electron chi connectivity index (χ0n) is 27.5. The summed E-state index contributed by atoms with van der Waals surface area (Å²) in [6, 6.07) is 53.5. The van der Waals surface area contributed by atoms with E-state index in [4.69, 9.17) is 9.47 Å². The Labute approximate surface area is 296 Å². The molecule has 0 bridgehead atoms. The number of rotatable bonds is 13. The van der Waals surface area contributed by atoms with E-state index in [1.54, 1.807) is 12.1 Å². The molecular formula is C44H36O4P2. The molecule has 4 nitrogen and oxygen atoms in total. The van der Waals surface area contributed by atoms with E-state index in [9.17, 15) is 9.59 Å². The summed E-state index contributed by atoms with van der Waals surface area (Å²) in [6.45, 7) is 7.30. The van der Waals surface area contributed by atoms with Crippen LogP contribution in [0, 0.1) is 0 Å². The Morgan fingerprint density at radius 2 is 0.740 bits per heavy atom. The van der Waals surface area contributed by atoms with Crippen LogP contribution in [0.1, 0.15) is 11.1 Å². The maximum Gasteiger partial charge on any atom is 0.335 e. The zero-order chi connectivity index (χ0) is 34.7. The normalized spacial score (nSPS) is 10.8. The third-order valence-corrected chi connectivity index (χ3v) is 13.2. The number of esters is 2. The zero-order valence-corrected chi connectivity index (χ0v) is 29.3. The van der Waals surface area contributed by atoms with Gasteiger partial charge in [0.2, 0.25) is 0 Å². The summed E-state index contributed by atoms with van der Waals surface area (Å²) in [5, 5.41) is 4.88. The monoisotopic (exact) mass is 690 g/mol. The lowest BCUT2D eigenvalue weighted by Crippen LogP contribution is -2.15. The van der Waals surface area contributed by atoms with Crippen LogP contribution in [-0.4, -0.2) is 11.9 Å². The van der Waals surface area contributed by atoms with E-state index < -0.39 is 27.8 Å². The Kier molecular flexibility index (Phi) is 11.6. The van der Waals surface area contributed by atoms with Crippen molar-refractivity contribution in [2.24, 2.45) is 0 Å². The quantitative estimate of drug-likeness (QED) is 0.0526. The molecule has 0 heterocycles. The Morgan fingerprint density at radius 3 is 1.02 bits per heavy atom. The van der Waals surface area contributed by atoms with Gasteiger partial charge in [-0.05, 0) is 60.3 Å². The standard InChI is InChI=1S/C44H36O4P2/c1-3-41(45)47-39-29-17-19-33(31-49(35-21-9-5-10-22-35)36-23-11-6-12-24-36)43(39)44-34(20-18-30-40(44)48-42(46)4-2)32-50(37-25-13-7-14-26-37)38-27-15-8-16-28-38/h3-30H,1-2,31-32H2. The first kappa shape index (κ1) is 34.5. The van der Waals surface area contributed by atoms with Gasteiger partial charge in [-0.15, -0.1) is 0 Å². The van der Waals surface area contributed by atoms with Crippen LogP contribution >= 0.6 is 15.8 Å². The minimum atomic E-state index is -0.879. The van der Waals surface area contributed by atoms with E-state index >= 15 is 0 Å². The third kappa shape index (κ3) is 8.24. The highest BCUT2D eigenvalue weighted by atomic mass is 31.1. The molecule has 0 saturated carbocycles. The molecule has 0 N–H and O–H groups in total. The van der Waals surface area contributed by atoms with Crippen molar-refractivity contribution >= 4 is 49.0 Å². The molecule has 0 atom stereocenters. The largest absolute Gasteiger partial charge is 0.423 e. The van der Waals surface area contributed by atoms with Crippen LogP contribution in [0.4, 0.5) is 0 Å². The number of hydrogen-bond acceptors (Lipinski definition) is 4. The molecule has 6 rings (SSSR count). The van der Waals surface area contributed by atoms with E-state index in [-0.39, 0.29) is 0 Å². The molecule has 0 fully saturated rings. The van der Waals surface area contributed by atoms with Gasteiger partial charge in [0.1, 0.15) is 11.5 Å². The maximum absolute atomic E-state index is 12.9. The van der Waals surface area contributed by atoms with Gasteiger partial charge in [-0.2, -0.15) is 0 Å². The Hall–Kier alpha value is -5.40. The molecule has 0 spiro atoms. The second-order valence-electron chi connectivity index (χ2n) is 11.3. The second kappa shape index (κ2) is 16.8. The van der Waals surface area contributed by atoms with Crippen LogP contribution in [-0.2, 0) is 21.9 Å². The van der Waals surface area contributed by atoms with Crippen LogP contribution in [0.2, 0.25) is 0 Å². The number of carbonyl (C=O) groups excluding carboxylic acids is 2. The van der Waals surface area contributed by atoms with Crippen LogP contribution < -0.4 is 30.7 Å². The van der Waals surface area contributed by atoms with E-state index in [1.165, 1.54) is 21.2 Å². The molecule has 0 aliphatic heterocycles. The van der Waals surface area contributed by atoms with E-state index in [0.717, 1.165) is 23.3 Å². The first-order valence-electron chi connectivity index (χ1n) is 16.2. The predicted octanol–water partition coefficient (Wildman–Crippen LogP) is 8.80. The minimum absolute atomic E-state index is 0.371. The summed E-state index contributed by atoms with van der Waals surface area (Å²) in [5.74, 6) is -0.407. The van der Waals surface area contributed by atoms with Crippen LogP contribution in [0.5, 0.6) is 11.5 Å². The lowest BCUT2D eigenvalue weighted by atomic mass is 9.94. The topological polar surface area (TPSA) is 52.6 Å². The number of carbonyl (C=O) groups is 2. The summed E-state index contributed by atoms with van der Waals surface area (Å²) in [5.41, 5.74) is 3.34. The minimum Gasteiger partial charge on any atom is -0.423 e. The van der Waals surface area contributed by atoms with Gasteiger partial charge in [-0.3, -0.25) is 0 Å². The molecular weight excluding hydrogens is 654 g/mol. The molecule has 6 aromatic rings. The summed E-state index contributed by atoms with van der Waals surface area (Å²) < 4.78 is 12.0. The lowest BCUT2D eigenvalue weighted by molar-refractivity contribution is -0.129. The van der Waals surface area contributed by atoms with E-state index in [1.807, 2.05) is 36.4 Å². The Morgan fingerprint density at radius 1 is 0.440 bits per heavy atom. The number of benzene rings is 6. The van der Waals surface area contributed by atoms with Gasteiger partial charge in [-0.1, -0.05) is 159 Å². The fourth-order valence-electron chi connectivity index (χ4n) is 5.89. The highest BCUT2D eigenvalue weighted by Crippen LogP contribution is 2.49. The summed E-state index contributed by atoms with van der Waals surface area (Å²) in [6.07, 6.45) is 3.61. The van der Waals surface area contributed by atoms with Crippen molar-refractivity contribution in [3.63, 3.8) is 0 Å². The van der Waals surface area contributed by atoms with Crippen molar-refractivity contribution in [2.75, 3.05) is 0 Å². The van der Waals surface area contributed by atoms with Crippen LogP contribution in [0.3, 0.4) is 0 Å². The third-order valence-electron chi connectivity index (χ3n) is 8.16. The van der Waals surface area contributed by atoms with Crippen molar-refractivity contribution in [1.82, 2.24) is 0 Å². The molecule has 0 radical (unpaired) electrons. The fraction of sp³-hybridized carbons (Fsp3) is 0.0455. The van der Waals surface area contributed by atoms with Crippen molar-refractivity contribution in [1.29, 1.82) is 0 Å². The van der Waals surface area contributed by atoms with Crippen molar-refractivity contribution in [3.05, 3.63) is 194 Å². The molecule has 0 aliphatic carbocycles. The molecule has 50 heavy (non-hydrogen) atoms. The molecule has 0 unspecified atom stereocenters. The van der Waals surface area contributed by atoms with Gasteiger partial charge in [-0.25, -0.2) is 9.59 Å². The second-order valence-corrected chi connectivity index (χ2v) is 15.8. The first-order valence-corrected chi connectivity index (χ1v) is 19.3. The average Bonchev–Trinajstić information content (AvgIpc) is 3.17. The predicted molar refractivity (Wildman–Crippen MR) is 209 cm³/mol.